The zero-order valence-corrected chi connectivity index (χ0v) is 13.7. The molecule has 2 fully saturated rings. The zero-order chi connectivity index (χ0) is 14.6. The lowest BCUT2D eigenvalue weighted by Crippen LogP contribution is -2.58. The van der Waals surface area contributed by atoms with Gasteiger partial charge >= 0.3 is 0 Å². The number of likely N-dealkylation sites (tertiary alicyclic amines) is 1. The smallest absolute Gasteiger partial charge is 0.0613 e. The average molecular weight is 282 g/mol. The third-order valence-corrected chi connectivity index (χ3v) is 5.76. The Bertz CT molecular complexity index is 297. The van der Waals surface area contributed by atoms with Gasteiger partial charge in [0.1, 0.15) is 0 Å². The second kappa shape index (κ2) is 7.24. The predicted octanol–water partition coefficient (Wildman–Crippen LogP) is 2.78. The molecule has 0 aromatic heterocycles. The molecule has 3 heteroatoms. The van der Waals surface area contributed by atoms with Crippen molar-refractivity contribution in [3.05, 3.63) is 0 Å². The molecule has 1 saturated carbocycles. The van der Waals surface area contributed by atoms with E-state index in [1.54, 1.807) is 0 Å². The van der Waals surface area contributed by atoms with Crippen molar-refractivity contribution < 1.29 is 5.11 Å². The van der Waals surface area contributed by atoms with E-state index in [9.17, 15) is 5.11 Å². The largest absolute Gasteiger partial charge is 0.394 e. The fraction of sp³-hybridized carbons (Fsp3) is 1.00. The van der Waals surface area contributed by atoms with Gasteiger partial charge in [0.05, 0.1) is 6.61 Å². The van der Waals surface area contributed by atoms with E-state index in [1.807, 2.05) is 0 Å². The monoisotopic (exact) mass is 282 g/mol. The van der Waals surface area contributed by atoms with Crippen molar-refractivity contribution in [2.24, 2.45) is 5.92 Å². The first kappa shape index (κ1) is 16.3. The van der Waals surface area contributed by atoms with Gasteiger partial charge in [0.2, 0.25) is 0 Å². The highest BCUT2D eigenvalue weighted by Gasteiger charge is 2.39. The molecule has 3 nitrogen and oxygen atoms in total. The van der Waals surface area contributed by atoms with Crippen LogP contribution >= 0.6 is 0 Å². The fourth-order valence-corrected chi connectivity index (χ4v) is 4.25. The number of hydrogen-bond acceptors (Lipinski definition) is 3. The number of rotatable bonds is 5. The molecule has 1 heterocycles. The maximum atomic E-state index is 9.92. The van der Waals surface area contributed by atoms with E-state index in [1.165, 1.54) is 32.2 Å². The number of aliphatic hydroxyl groups excluding tert-OH is 1. The van der Waals surface area contributed by atoms with E-state index < -0.39 is 0 Å². The van der Waals surface area contributed by atoms with Gasteiger partial charge in [0, 0.05) is 17.6 Å². The average Bonchev–Trinajstić information content (AvgIpc) is 2.48. The Kier molecular flexibility index (Phi) is 5.88. The van der Waals surface area contributed by atoms with E-state index in [0.29, 0.717) is 18.7 Å². The normalized spacial score (nSPS) is 39.9. The van der Waals surface area contributed by atoms with Gasteiger partial charge in [-0.15, -0.1) is 0 Å². The lowest BCUT2D eigenvalue weighted by molar-refractivity contribution is 0.0113. The summed E-state index contributed by atoms with van der Waals surface area (Å²) in [5, 5.41) is 13.6. The molecule has 0 amide bonds. The van der Waals surface area contributed by atoms with Crippen LogP contribution in [0.2, 0.25) is 0 Å². The summed E-state index contributed by atoms with van der Waals surface area (Å²) in [5.41, 5.74) is -0.0146. The van der Waals surface area contributed by atoms with E-state index in [-0.39, 0.29) is 5.54 Å². The Morgan fingerprint density at radius 3 is 2.75 bits per heavy atom. The predicted molar refractivity (Wildman–Crippen MR) is 84.9 cm³/mol. The third kappa shape index (κ3) is 3.55. The molecule has 4 unspecified atom stereocenters. The molecule has 4 atom stereocenters. The van der Waals surface area contributed by atoms with Gasteiger partial charge in [-0.3, -0.25) is 4.90 Å². The van der Waals surface area contributed by atoms with Crippen molar-refractivity contribution >= 4 is 0 Å². The maximum absolute atomic E-state index is 9.92. The van der Waals surface area contributed by atoms with Crippen LogP contribution in [0, 0.1) is 5.92 Å². The summed E-state index contributed by atoms with van der Waals surface area (Å²) >= 11 is 0. The number of piperidine rings is 1. The van der Waals surface area contributed by atoms with Crippen molar-refractivity contribution in [1.29, 1.82) is 0 Å². The Labute approximate surface area is 125 Å². The number of nitrogens with one attached hydrogen (secondary N) is 1. The highest BCUT2D eigenvalue weighted by Crippen LogP contribution is 2.35. The second-order valence-corrected chi connectivity index (χ2v) is 7.21. The van der Waals surface area contributed by atoms with Crippen LogP contribution in [0.3, 0.4) is 0 Å². The van der Waals surface area contributed by atoms with Crippen molar-refractivity contribution in [1.82, 2.24) is 10.2 Å². The molecule has 0 radical (unpaired) electrons. The van der Waals surface area contributed by atoms with Gasteiger partial charge in [-0.2, -0.15) is 0 Å². The van der Waals surface area contributed by atoms with Gasteiger partial charge in [0.15, 0.2) is 0 Å². The van der Waals surface area contributed by atoms with Gasteiger partial charge in [0.25, 0.3) is 0 Å². The second-order valence-electron chi connectivity index (χ2n) is 7.21. The van der Waals surface area contributed by atoms with E-state index in [0.717, 1.165) is 31.7 Å². The minimum atomic E-state index is -0.0146. The highest BCUT2D eigenvalue weighted by molar-refractivity contribution is 4.98. The van der Waals surface area contributed by atoms with Crippen molar-refractivity contribution in [3.63, 3.8) is 0 Å². The first-order valence-corrected chi connectivity index (χ1v) is 8.73. The molecule has 0 aromatic rings. The van der Waals surface area contributed by atoms with Crippen LogP contribution in [0.4, 0.5) is 0 Å². The minimum absolute atomic E-state index is 0.0146. The SMILES string of the molecule is CCCNC1(CO)CCCC(N2CCCC(C)C2C)C1. The molecule has 0 spiro atoms. The van der Waals surface area contributed by atoms with Crippen molar-refractivity contribution in [2.45, 2.75) is 83.3 Å². The summed E-state index contributed by atoms with van der Waals surface area (Å²) in [6, 6.07) is 1.37. The third-order valence-electron chi connectivity index (χ3n) is 5.76. The van der Waals surface area contributed by atoms with Crippen LogP contribution in [-0.2, 0) is 0 Å². The van der Waals surface area contributed by atoms with Gasteiger partial charge in [-0.25, -0.2) is 0 Å². The summed E-state index contributed by atoms with van der Waals surface area (Å²) in [6.45, 7) is 9.57. The maximum Gasteiger partial charge on any atom is 0.0613 e. The fourth-order valence-electron chi connectivity index (χ4n) is 4.25. The standard InChI is InChI=1S/C17H34N2O/c1-4-10-18-17(13-20)9-5-8-16(12-17)19-11-6-7-14(2)15(19)3/h14-16,18,20H,4-13H2,1-3H3. The number of nitrogens with zero attached hydrogens (tertiary/aromatic N) is 1. The van der Waals surface area contributed by atoms with Crippen LogP contribution in [0.25, 0.3) is 0 Å². The molecule has 2 rings (SSSR count). The lowest BCUT2D eigenvalue weighted by atomic mass is 9.77. The number of aliphatic hydroxyl groups is 1. The first-order valence-electron chi connectivity index (χ1n) is 8.73. The molecule has 1 aliphatic carbocycles. The van der Waals surface area contributed by atoms with Crippen LogP contribution in [0.5, 0.6) is 0 Å². The summed E-state index contributed by atoms with van der Waals surface area (Å²) in [5.74, 6) is 0.817. The van der Waals surface area contributed by atoms with Crippen LogP contribution < -0.4 is 5.32 Å². The van der Waals surface area contributed by atoms with Crippen molar-refractivity contribution in [2.75, 3.05) is 19.7 Å². The van der Waals surface area contributed by atoms with Crippen LogP contribution in [0.1, 0.15) is 65.7 Å². The lowest BCUT2D eigenvalue weighted by Gasteiger charge is -2.49. The Morgan fingerprint density at radius 2 is 2.05 bits per heavy atom. The molecule has 1 aliphatic heterocycles. The van der Waals surface area contributed by atoms with E-state index in [2.05, 4.69) is 31.0 Å². The molecule has 0 aromatic carbocycles. The summed E-state index contributed by atoms with van der Waals surface area (Å²) in [6.07, 6.45) is 8.69. The Hall–Kier alpha value is -0.120. The Balaban J connectivity index is 2.01. The van der Waals surface area contributed by atoms with Crippen molar-refractivity contribution in [3.8, 4) is 0 Å². The molecule has 1 saturated heterocycles. The summed E-state index contributed by atoms with van der Waals surface area (Å²) in [4.78, 5) is 2.74. The molecule has 0 bridgehead atoms. The molecule has 20 heavy (non-hydrogen) atoms. The topological polar surface area (TPSA) is 35.5 Å². The molecule has 2 N–H and O–H groups in total. The zero-order valence-electron chi connectivity index (χ0n) is 13.7. The highest BCUT2D eigenvalue weighted by atomic mass is 16.3. The molecular formula is C17H34N2O. The molecule has 2 aliphatic rings. The van der Waals surface area contributed by atoms with E-state index in [4.69, 9.17) is 0 Å². The van der Waals surface area contributed by atoms with Gasteiger partial charge in [-0.05, 0) is 70.9 Å². The molecule has 118 valence electrons. The van der Waals surface area contributed by atoms with Gasteiger partial charge in [-0.1, -0.05) is 13.8 Å². The summed E-state index contributed by atoms with van der Waals surface area (Å²) in [7, 11) is 0. The first-order chi connectivity index (χ1) is 9.62. The van der Waals surface area contributed by atoms with Gasteiger partial charge < -0.3 is 10.4 Å². The van der Waals surface area contributed by atoms with Crippen LogP contribution in [-0.4, -0.2) is 47.3 Å². The van der Waals surface area contributed by atoms with E-state index >= 15 is 0 Å². The van der Waals surface area contributed by atoms with Crippen LogP contribution in [0.15, 0.2) is 0 Å². The number of hydrogen-bond donors (Lipinski definition) is 2. The summed E-state index contributed by atoms with van der Waals surface area (Å²) < 4.78 is 0. The quantitative estimate of drug-likeness (QED) is 0.814. The minimum Gasteiger partial charge on any atom is -0.394 e. The molecular weight excluding hydrogens is 248 g/mol. The Morgan fingerprint density at radius 1 is 1.25 bits per heavy atom.